The minimum Gasteiger partial charge on any atom is -0.313 e. The van der Waals surface area contributed by atoms with Crippen molar-refractivity contribution in [1.82, 2.24) is 0 Å². The fourth-order valence-corrected chi connectivity index (χ4v) is 2.63. The fourth-order valence-electron chi connectivity index (χ4n) is 2.63. The number of nitrogens with zero attached hydrogens (tertiary/aromatic N) is 1. The molecule has 1 N–H and O–H groups in total. The van der Waals surface area contributed by atoms with E-state index in [-0.39, 0.29) is 0 Å². The van der Waals surface area contributed by atoms with Crippen molar-refractivity contribution in [3.8, 4) is 11.1 Å². The van der Waals surface area contributed by atoms with Gasteiger partial charge >= 0.3 is 5.97 Å². The van der Waals surface area contributed by atoms with E-state index in [0.29, 0.717) is 23.4 Å². The molecule has 0 aromatic heterocycles. The van der Waals surface area contributed by atoms with Crippen molar-refractivity contribution in [3.63, 3.8) is 0 Å². The molecule has 0 bridgehead atoms. The van der Waals surface area contributed by atoms with Crippen molar-refractivity contribution >= 4 is 17.4 Å². The third-order valence-corrected chi connectivity index (χ3v) is 4.07. The molecular formula is C23H20N2O2. The summed E-state index contributed by atoms with van der Waals surface area (Å²) in [5.74, 6) is -0.506. The predicted octanol–water partition coefficient (Wildman–Crippen LogP) is 5.34. The van der Waals surface area contributed by atoms with Crippen LogP contribution in [0.25, 0.3) is 11.1 Å². The molecule has 0 saturated heterocycles. The fraction of sp³-hybridized carbons (Fsp3) is 0.0870. The lowest BCUT2D eigenvalue weighted by molar-refractivity contribution is 0.0515. The first-order valence-corrected chi connectivity index (χ1v) is 8.66. The van der Waals surface area contributed by atoms with Gasteiger partial charge in [0.25, 0.3) is 0 Å². The average molecular weight is 356 g/mol. The second kappa shape index (κ2) is 8.72. The Kier molecular flexibility index (Phi) is 5.90. The largest absolute Gasteiger partial charge is 0.365 e. The standard InChI is InChI=1S/C23H20N2O2/c1-17(25-27-23(26)21-10-6-3-7-11-21)16-22(24)20-14-12-19(13-15-20)18-8-4-2-5-9-18/h2-15,24H,16H2,1H3/b24-22?,25-17+. The summed E-state index contributed by atoms with van der Waals surface area (Å²) in [6.07, 6.45) is 0.312. The van der Waals surface area contributed by atoms with Crippen LogP contribution in [0.4, 0.5) is 0 Å². The first kappa shape index (κ1) is 18.3. The van der Waals surface area contributed by atoms with Crippen LogP contribution in [0.2, 0.25) is 0 Å². The van der Waals surface area contributed by atoms with Crippen LogP contribution in [-0.2, 0) is 4.84 Å². The summed E-state index contributed by atoms with van der Waals surface area (Å²) in [6, 6.07) is 26.6. The summed E-state index contributed by atoms with van der Waals surface area (Å²) < 4.78 is 0. The maximum absolute atomic E-state index is 11.9. The quantitative estimate of drug-likeness (QED) is 0.368. The van der Waals surface area contributed by atoms with Gasteiger partial charge in [0.1, 0.15) is 0 Å². The molecule has 3 aromatic rings. The lowest BCUT2D eigenvalue weighted by Gasteiger charge is -2.06. The summed E-state index contributed by atoms with van der Waals surface area (Å²) in [6.45, 7) is 1.74. The molecule has 0 fully saturated rings. The molecule has 0 amide bonds. The van der Waals surface area contributed by atoms with Gasteiger partial charge in [-0.15, -0.1) is 0 Å². The molecule has 4 nitrogen and oxygen atoms in total. The zero-order chi connectivity index (χ0) is 19.1. The number of benzene rings is 3. The van der Waals surface area contributed by atoms with E-state index in [1.165, 1.54) is 0 Å². The normalized spacial score (nSPS) is 11.1. The van der Waals surface area contributed by atoms with Crippen molar-refractivity contribution in [1.29, 1.82) is 5.41 Å². The Bertz CT molecular complexity index is 947. The van der Waals surface area contributed by atoms with E-state index in [9.17, 15) is 4.79 Å². The number of carbonyl (C=O) groups is 1. The van der Waals surface area contributed by atoms with Crippen molar-refractivity contribution in [2.75, 3.05) is 0 Å². The van der Waals surface area contributed by atoms with Crippen LogP contribution in [0.5, 0.6) is 0 Å². The molecule has 0 unspecified atom stereocenters. The summed E-state index contributed by atoms with van der Waals surface area (Å²) in [5.41, 5.74) is 4.50. The van der Waals surface area contributed by atoms with E-state index in [1.807, 2.05) is 48.5 Å². The Morgan fingerprint density at radius 2 is 1.37 bits per heavy atom. The number of oxime groups is 1. The first-order valence-electron chi connectivity index (χ1n) is 8.66. The highest BCUT2D eigenvalue weighted by Gasteiger charge is 2.08. The van der Waals surface area contributed by atoms with Crippen LogP contribution in [0.3, 0.4) is 0 Å². The number of rotatable bonds is 6. The lowest BCUT2D eigenvalue weighted by Crippen LogP contribution is -2.08. The molecule has 3 rings (SSSR count). The van der Waals surface area contributed by atoms with Crippen LogP contribution in [-0.4, -0.2) is 17.4 Å². The number of hydrogen-bond acceptors (Lipinski definition) is 4. The van der Waals surface area contributed by atoms with Gasteiger partial charge in [0.2, 0.25) is 0 Å². The lowest BCUT2D eigenvalue weighted by atomic mass is 10.0. The third-order valence-electron chi connectivity index (χ3n) is 4.07. The summed E-state index contributed by atoms with van der Waals surface area (Å²) in [4.78, 5) is 16.9. The molecular weight excluding hydrogens is 336 g/mol. The van der Waals surface area contributed by atoms with Gasteiger partial charge < -0.3 is 10.2 Å². The first-order chi connectivity index (χ1) is 13.1. The molecule has 0 atom stereocenters. The highest BCUT2D eigenvalue weighted by atomic mass is 16.7. The highest BCUT2D eigenvalue weighted by Crippen LogP contribution is 2.19. The van der Waals surface area contributed by atoms with Gasteiger partial charge in [-0.2, -0.15) is 0 Å². The second-order valence-corrected chi connectivity index (χ2v) is 6.17. The van der Waals surface area contributed by atoms with Crippen LogP contribution in [0.15, 0.2) is 90.1 Å². The van der Waals surface area contributed by atoms with Gasteiger partial charge in [-0.3, -0.25) is 0 Å². The predicted molar refractivity (Wildman–Crippen MR) is 108 cm³/mol. The number of hydrogen-bond donors (Lipinski definition) is 1. The van der Waals surface area contributed by atoms with E-state index in [2.05, 4.69) is 17.3 Å². The van der Waals surface area contributed by atoms with E-state index in [4.69, 9.17) is 10.2 Å². The molecule has 27 heavy (non-hydrogen) atoms. The molecule has 4 heteroatoms. The SMILES string of the molecule is C/C(CC(=N)c1ccc(-c2ccccc2)cc1)=N\OC(=O)c1ccccc1. The second-order valence-electron chi connectivity index (χ2n) is 6.17. The van der Waals surface area contributed by atoms with Crippen LogP contribution in [0, 0.1) is 5.41 Å². The van der Waals surface area contributed by atoms with Gasteiger partial charge in [-0.05, 0) is 35.7 Å². The molecule has 0 spiro atoms. The number of carbonyl (C=O) groups excluding carboxylic acids is 1. The van der Waals surface area contributed by atoms with E-state index in [0.717, 1.165) is 16.7 Å². The molecule has 3 aromatic carbocycles. The molecule has 134 valence electrons. The summed E-state index contributed by atoms with van der Waals surface area (Å²) in [5, 5.41) is 12.1. The average Bonchev–Trinajstić information content (AvgIpc) is 2.73. The minimum atomic E-state index is -0.506. The monoisotopic (exact) mass is 356 g/mol. The van der Waals surface area contributed by atoms with E-state index < -0.39 is 5.97 Å². The Hall–Kier alpha value is -3.53. The van der Waals surface area contributed by atoms with Crippen molar-refractivity contribution in [2.45, 2.75) is 13.3 Å². The van der Waals surface area contributed by atoms with Gasteiger partial charge in [-0.1, -0.05) is 78.0 Å². The Morgan fingerprint density at radius 1 is 0.815 bits per heavy atom. The molecule has 0 heterocycles. The highest BCUT2D eigenvalue weighted by molar-refractivity contribution is 6.10. The Labute approximate surface area is 158 Å². The minimum absolute atomic E-state index is 0.312. The van der Waals surface area contributed by atoms with Gasteiger partial charge in [0.15, 0.2) is 0 Å². The van der Waals surface area contributed by atoms with Gasteiger partial charge in [0, 0.05) is 12.1 Å². The van der Waals surface area contributed by atoms with E-state index >= 15 is 0 Å². The zero-order valence-corrected chi connectivity index (χ0v) is 15.1. The van der Waals surface area contributed by atoms with Crippen LogP contribution < -0.4 is 0 Å². The zero-order valence-electron chi connectivity index (χ0n) is 15.1. The maximum Gasteiger partial charge on any atom is 0.365 e. The molecule has 0 radical (unpaired) electrons. The maximum atomic E-state index is 11.9. The van der Waals surface area contributed by atoms with Crippen molar-refractivity contribution in [2.24, 2.45) is 5.16 Å². The van der Waals surface area contributed by atoms with E-state index in [1.54, 1.807) is 31.2 Å². The Balaban J connectivity index is 1.60. The van der Waals surface area contributed by atoms with Gasteiger partial charge in [0.05, 0.1) is 11.3 Å². The third kappa shape index (κ3) is 4.98. The smallest absolute Gasteiger partial charge is 0.313 e. The van der Waals surface area contributed by atoms with Crippen molar-refractivity contribution in [3.05, 3.63) is 96.1 Å². The van der Waals surface area contributed by atoms with Crippen LogP contribution >= 0.6 is 0 Å². The summed E-state index contributed by atoms with van der Waals surface area (Å²) >= 11 is 0. The molecule has 0 aliphatic carbocycles. The Morgan fingerprint density at radius 3 is 2.00 bits per heavy atom. The molecule has 0 aliphatic rings. The van der Waals surface area contributed by atoms with Crippen LogP contribution in [0.1, 0.15) is 29.3 Å². The topological polar surface area (TPSA) is 62.5 Å². The summed E-state index contributed by atoms with van der Waals surface area (Å²) in [7, 11) is 0. The molecule has 0 aliphatic heterocycles. The number of nitrogens with one attached hydrogen (secondary N) is 1. The van der Waals surface area contributed by atoms with Gasteiger partial charge in [-0.25, -0.2) is 4.79 Å². The molecule has 0 saturated carbocycles. The van der Waals surface area contributed by atoms with Crippen molar-refractivity contribution < 1.29 is 9.63 Å².